The lowest BCUT2D eigenvalue weighted by atomic mass is 10.1. The molecule has 0 bridgehead atoms. The Bertz CT molecular complexity index is 595. The van der Waals surface area contributed by atoms with Gasteiger partial charge in [-0.3, -0.25) is 4.79 Å². The Labute approximate surface area is 130 Å². The third-order valence-corrected chi connectivity index (χ3v) is 3.46. The van der Waals surface area contributed by atoms with Gasteiger partial charge in [-0.05, 0) is 43.7 Å². The Morgan fingerprint density at radius 1 is 1.09 bits per heavy atom. The zero-order valence-corrected chi connectivity index (χ0v) is 12.8. The first-order chi connectivity index (χ1) is 10.5. The largest absolute Gasteiger partial charge is 0.508 e. The number of phenolic OH excluding ortho intramolecular Hbond substituents is 1. The van der Waals surface area contributed by atoms with Crippen LogP contribution in [0, 0.1) is 0 Å². The fourth-order valence-electron chi connectivity index (χ4n) is 2.04. The van der Waals surface area contributed by atoms with Crippen LogP contribution in [0.5, 0.6) is 11.5 Å². The highest BCUT2D eigenvalue weighted by Gasteiger charge is 2.16. The highest BCUT2D eigenvalue weighted by Crippen LogP contribution is 2.13. The average molecular weight is 299 g/mol. The smallest absolute Gasteiger partial charge is 0.224 e. The second kappa shape index (κ2) is 7.50. The molecule has 4 nitrogen and oxygen atoms in total. The summed E-state index contributed by atoms with van der Waals surface area (Å²) in [6.07, 6.45) is 0.147. The van der Waals surface area contributed by atoms with Crippen molar-refractivity contribution in [3.05, 3.63) is 60.2 Å². The van der Waals surface area contributed by atoms with Crippen molar-refractivity contribution in [2.75, 3.05) is 0 Å². The molecule has 0 aromatic heterocycles. The Hall–Kier alpha value is -2.49. The zero-order chi connectivity index (χ0) is 15.9. The van der Waals surface area contributed by atoms with E-state index in [2.05, 4.69) is 5.32 Å². The van der Waals surface area contributed by atoms with Crippen LogP contribution in [0.25, 0.3) is 0 Å². The summed E-state index contributed by atoms with van der Waals surface area (Å²) in [6.45, 7) is 3.85. The second-order valence-electron chi connectivity index (χ2n) is 5.34. The van der Waals surface area contributed by atoms with Gasteiger partial charge in [0.1, 0.15) is 17.6 Å². The number of nitrogens with one attached hydrogen (secondary N) is 1. The lowest BCUT2D eigenvalue weighted by Crippen LogP contribution is -2.43. The van der Waals surface area contributed by atoms with Crippen molar-refractivity contribution >= 4 is 5.91 Å². The van der Waals surface area contributed by atoms with Crippen LogP contribution in [0.15, 0.2) is 54.6 Å². The van der Waals surface area contributed by atoms with Gasteiger partial charge >= 0.3 is 0 Å². The molecule has 116 valence electrons. The quantitative estimate of drug-likeness (QED) is 0.862. The number of benzene rings is 2. The molecule has 0 radical (unpaired) electrons. The van der Waals surface area contributed by atoms with E-state index in [0.717, 1.165) is 11.3 Å². The SMILES string of the molecule is C[C@@H](NC(=O)Cc1ccc(O)cc1)[C@@H](C)Oc1ccccc1. The molecule has 2 atom stereocenters. The maximum atomic E-state index is 12.0. The van der Waals surface area contributed by atoms with E-state index in [0.29, 0.717) is 0 Å². The predicted molar refractivity (Wildman–Crippen MR) is 85.9 cm³/mol. The summed E-state index contributed by atoms with van der Waals surface area (Å²) >= 11 is 0. The first-order valence-corrected chi connectivity index (χ1v) is 7.33. The molecule has 22 heavy (non-hydrogen) atoms. The average Bonchev–Trinajstić information content (AvgIpc) is 2.50. The molecule has 0 unspecified atom stereocenters. The zero-order valence-electron chi connectivity index (χ0n) is 12.8. The second-order valence-corrected chi connectivity index (χ2v) is 5.34. The van der Waals surface area contributed by atoms with Gasteiger partial charge in [0.05, 0.1) is 12.5 Å². The predicted octanol–water partition coefficient (Wildman–Crippen LogP) is 2.91. The van der Waals surface area contributed by atoms with Gasteiger partial charge in [-0.25, -0.2) is 0 Å². The number of carbonyl (C=O) groups excluding carboxylic acids is 1. The molecule has 0 saturated heterocycles. The molecule has 2 rings (SSSR count). The third kappa shape index (κ3) is 4.81. The summed E-state index contributed by atoms with van der Waals surface area (Å²) in [5.41, 5.74) is 0.860. The van der Waals surface area contributed by atoms with E-state index in [1.54, 1.807) is 24.3 Å². The lowest BCUT2D eigenvalue weighted by molar-refractivity contribution is -0.121. The minimum Gasteiger partial charge on any atom is -0.508 e. The van der Waals surface area contributed by atoms with E-state index in [-0.39, 0.29) is 30.2 Å². The summed E-state index contributed by atoms with van der Waals surface area (Å²) in [6, 6.07) is 16.1. The summed E-state index contributed by atoms with van der Waals surface area (Å²) in [7, 11) is 0. The Kier molecular flexibility index (Phi) is 5.42. The minimum absolute atomic E-state index is 0.0679. The number of para-hydroxylation sites is 1. The molecule has 2 N–H and O–H groups in total. The minimum atomic E-state index is -0.133. The first-order valence-electron chi connectivity index (χ1n) is 7.33. The van der Waals surface area contributed by atoms with Crippen molar-refractivity contribution < 1.29 is 14.6 Å². The van der Waals surface area contributed by atoms with Crippen LogP contribution >= 0.6 is 0 Å². The van der Waals surface area contributed by atoms with Crippen molar-refractivity contribution in [3.8, 4) is 11.5 Å². The van der Waals surface area contributed by atoms with Crippen molar-refractivity contribution in [3.63, 3.8) is 0 Å². The maximum Gasteiger partial charge on any atom is 0.224 e. The molecule has 1 amide bonds. The molecule has 0 heterocycles. The Morgan fingerprint density at radius 2 is 1.73 bits per heavy atom. The lowest BCUT2D eigenvalue weighted by Gasteiger charge is -2.22. The molecular formula is C18H21NO3. The highest BCUT2D eigenvalue weighted by molar-refractivity contribution is 5.78. The molecule has 0 aliphatic rings. The summed E-state index contributed by atoms with van der Waals surface area (Å²) in [5.74, 6) is 0.916. The standard InChI is InChI=1S/C18H21NO3/c1-13(14(2)22-17-6-4-3-5-7-17)19-18(21)12-15-8-10-16(20)11-9-15/h3-11,13-14,20H,12H2,1-2H3,(H,19,21)/t13-,14-/m1/s1. The van der Waals surface area contributed by atoms with Crippen LogP contribution in [-0.4, -0.2) is 23.2 Å². The maximum absolute atomic E-state index is 12.0. The van der Waals surface area contributed by atoms with Crippen LogP contribution in [0.4, 0.5) is 0 Å². The van der Waals surface area contributed by atoms with E-state index in [1.165, 1.54) is 0 Å². The first kappa shape index (κ1) is 15.9. The van der Waals surface area contributed by atoms with Gasteiger partial charge in [0.15, 0.2) is 0 Å². The third-order valence-electron chi connectivity index (χ3n) is 3.46. The number of hydrogen-bond donors (Lipinski definition) is 2. The molecule has 0 aliphatic heterocycles. The van der Waals surface area contributed by atoms with Gasteiger partial charge in [-0.2, -0.15) is 0 Å². The van der Waals surface area contributed by atoms with Crippen LogP contribution < -0.4 is 10.1 Å². The molecule has 0 aliphatic carbocycles. The number of phenols is 1. The van der Waals surface area contributed by atoms with Crippen LogP contribution in [0.3, 0.4) is 0 Å². The van der Waals surface area contributed by atoms with Crippen molar-refractivity contribution in [2.45, 2.75) is 32.4 Å². The molecule has 4 heteroatoms. The van der Waals surface area contributed by atoms with Gasteiger partial charge < -0.3 is 15.2 Å². The van der Waals surface area contributed by atoms with Gasteiger partial charge in [-0.1, -0.05) is 30.3 Å². The van der Waals surface area contributed by atoms with Crippen molar-refractivity contribution in [1.82, 2.24) is 5.32 Å². The molecule has 0 spiro atoms. The summed E-state index contributed by atoms with van der Waals surface area (Å²) in [5, 5.41) is 12.2. The van der Waals surface area contributed by atoms with Crippen LogP contribution in [0.1, 0.15) is 19.4 Å². The van der Waals surface area contributed by atoms with E-state index in [4.69, 9.17) is 4.74 Å². The number of rotatable bonds is 6. The van der Waals surface area contributed by atoms with E-state index in [1.807, 2.05) is 44.2 Å². The summed E-state index contributed by atoms with van der Waals surface area (Å²) in [4.78, 5) is 12.0. The number of ether oxygens (including phenoxy) is 1. The fraction of sp³-hybridized carbons (Fsp3) is 0.278. The monoisotopic (exact) mass is 299 g/mol. The van der Waals surface area contributed by atoms with Gasteiger partial charge in [0.25, 0.3) is 0 Å². The normalized spacial score (nSPS) is 13.2. The van der Waals surface area contributed by atoms with E-state index >= 15 is 0 Å². The van der Waals surface area contributed by atoms with Crippen LogP contribution in [0.2, 0.25) is 0 Å². The van der Waals surface area contributed by atoms with Crippen molar-refractivity contribution in [2.24, 2.45) is 0 Å². The van der Waals surface area contributed by atoms with E-state index in [9.17, 15) is 9.90 Å². The molecule has 0 fully saturated rings. The molecule has 2 aromatic carbocycles. The van der Waals surface area contributed by atoms with Gasteiger partial charge in [-0.15, -0.1) is 0 Å². The van der Waals surface area contributed by atoms with E-state index < -0.39 is 0 Å². The topological polar surface area (TPSA) is 58.6 Å². The van der Waals surface area contributed by atoms with Gasteiger partial charge in [0, 0.05) is 0 Å². The number of hydrogen-bond acceptors (Lipinski definition) is 3. The van der Waals surface area contributed by atoms with Crippen LogP contribution in [-0.2, 0) is 11.2 Å². The molecule has 2 aromatic rings. The highest BCUT2D eigenvalue weighted by atomic mass is 16.5. The Balaban J connectivity index is 1.83. The fourth-order valence-corrected chi connectivity index (χ4v) is 2.04. The number of carbonyl (C=O) groups is 1. The summed E-state index contributed by atoms with van der Waals surface area (Å²) < 4.78 is 5.80. The molecule has 0 saturated carbocycles. The molecular weight excluding hydrogens is 278 g/mol. The van der Waals surface area contributed by atoms with Crippen molar-refractivity contribution in [1.29, 1.82) is 0 Å². The Morgan fingerprint density at radius 3 is 2.36 bits per heavy atom. The number of amides is 1. The number of aromatic hydroxyl groups is 1. The van der Waals surface area contributed by atoms with Gasteiger partial charge in [0.2, 0.25) is 5.91 Å².